The normalized spacial score (nSPS) is 14.3. The summed E-state index contributed by atoms with van der Waals surface area (Å²) >= 11 is 13.2. The van der Waals surface area contributed by atoms with Gasteiger partial charge >= 0.3 is 0 Å². The van der Waals surface area contributed by atoms with Crippen LogP contribution >= 0.6 is 46.4 Å². The van der Waals surface area contributed by atoms with Crippen LogP contribution in [-0.4, -0.2) is 4.99 Å². The van der Waals surface area contributed by atoms with E-state index < -0.39 is 0 Å². The van der Waals surface area contributed by atoms with Crippen molar-refractivity contribution in [3.63, 3.8) is 0 Å². The van der Waals surface area contributed by atoms with Gasteiger partial charge in [0, 0.05) is 15.7 Å². The van der Waals surface area contributed by atoms with Crippen LogP contribution in [0, 0.1) is 3.57 Å². The van der Waals surface area contributed by atoms with Gasteiger partial charge < -0.3 is 5.32 Å². The zero-order chi connectivity index (χ0) is 8.72. The largest absolute Gasteiger partial charge is 0.349 e. The van der Waals surface area contributed by atoms with Gasteiger partial charge in [0.2, 0.25) is 0 Å². The topological polar surface area (TPSA) is 12.0 Å². The second-order valence-corrected chi connectivity index (χ2v) is 4.71. The predicted octanol–water partition coefficient (Wildman–Crippen LogP) is 3.24. The molecule has 1 nitrogen and oxygen atoms in total. The Morgan fingerprint density at radius 3 is 3.00 bits per heavy atom. The van der Waals surface area contributed by atoms with Crippen molar-refractivity contribution in [3.05, 3.63) is 26.3 Å². The third-order valence-electron chi connectivity index (χ3n) is 1.77. The molecule has 0 bridgehead atoms. The molecule has 0 aliphatic carbocycles. The molecule has 12 heavy (non-hydrogen) atoms. The first kappa shape index (κ1) is 8.72. The van der Waals surface area contributed by atoms with Gasteiger partial charge in [-0.05, 0) is 40.3 Å². The number of halogens is 2. The molecule has 1 aromatic rings. The Hall–Kier alpha value is 0.130. The van der Waals surface area contributed by atoms with E-state index in [4.69, 9.17) is 23.8 Å². The average Bonchev–Trinajstić information content (AvgIpc) is 2.30. The Balaban J connectivity index is 2.55. The lowest BCUT2D eigenvalue weighted by atomic mass is 10.2. The molecular weight excluding hydrogens is 305 g/mol. The maximum absolute atomic E-state index is 5.95. The molecule has 1 N–H and O–H groups in total. The third-order valence-corrected chi connectivity index (χ3v) is 3.54. The predicted molar refractivity (Wildman–Crippen MR) is 64.1 cm³/mol. The Bertz CT molecular complexity index is 331. The van der Waals surface area contributed by atoms with Crippen molar-refractivity contribution in [2.45, 2.75) is 6.42 Å². The molecule has 0 atom stereocenters. The first-order valence-corrected chi connectivity index (χ1v) is 5.31. The lowest BCUT2D eigenvalue weighted by Gasteiger charge is -2.00. The van der Waals surface area contributed by atoms with Crippen LogP contribution in [0.1, 0.15) is 5.56 Å². The lowest BCUT2D eigenvalue weighted by molar-refractivity contribution is 1.41. The fourth-order valence-corrected chi connectivity index (χ4v) is 2.18. The van der Waals surface area contributed by atoms with E-state index in [1.807, 2.05) is 6.07 Å². The number of anilines is 1. The van der Waals surface area contributed by atoms with Crippen LogP contribution in [0.3, 0.4) is 0 Å². The lowest BCUT2D eigenvalue weighted by Crippen LogP contribution is -2.00. The zero-order valence-corrected chi connectivity index (χ0v) is 9.76. The summed E-state index contributed by atoms with van der Waals surface area (Å²) in [5, 5.41) is 3.89. The van der Waals surface area contributed by atoms with Crippen LogP contribution in [-0.2, 0) is 6.42 Å². The number of benzene rings is 1. The molecule has 0 unspecified atom stereocenters. The van der Waals surface area contributed by atoms with Crippen molar-refractivity contribution >= 4 is 57.1 Å². The van der Waals surface area contributed by atoms with Crippen LogP contribution in [0.5, 0.6) is 0 Å². The molecule has 1 heterocycles. The van der Waals surface area contributed by atoms with Crippen LogP contribution < -0.4 is 5.32 Å². The fraction of sp³-hybridized carbons (Fsp3) is 0.125. The molecule has 2 rings (SSSR count). The minimum atomic E-state index is 0.784. The summed E-state index contributed by atoms with van der Waals surface area (Å²) < 4.78 is 1.08. The summed E-state index contributed by atoms with van der Waals surface area (Å²) in [4.78, 5) is 0.878. The molecule has 0 radical (unpaired) electrons. The van der Waals surface area contributed by atoms with Crippen LogP contribution in [0.15, 0.2) is 12.1 Å². The van der Waals surface area contributed by atoms with E-state index in [1.165, 1.54) is 5.56 Å². The molecule has 0 saturated carbocycles. The molecule has 0 aromatic heterocycles. The molecule has 4 heteroatoms. The minimum absolute atomic E-state index is 0.784. The molecule has 1 aliphatic rings. The van der Waals surface area contributed by atoms with Gasteiger partial charge in [0.05, 0.1) is 10.0 Å². The van der Waals surface area contributed by atoms with Gasteiger partial charge in [0.25, 0.3) is 0 Å². The van der Waals surface area contributed by atoms with Crippen molar-refractivity contribution in [3.8, 4) is 0 Å². The quantitative estimate of drug-likeness (QED) is 0.583. The number of rotatable bonds is 0. The third kappa shape index (κ3) is 1.45. The highest BCUT2D eigenvalue weighted by molar-refractivity contribution is 14.1. The Labute approximate surface area is 94.6 Å². The first-order chi connectivity index (χ1) is 5.66. The highest BCUT2D eigenvalue weighted by Gasteiger charge is 2.15. The number of fused-ring (bicyclic) bond motifs is 1. The van der Waals surface area contributed by atoms with Crippen molar-refractivity contribution in [2.75, 3.05) is 5.32 Å². The van der Waals surface area contributed by atoms with Crippen molar-refractivity contribution in [1.29, 1.82) is 0 Å². The second-order valence-electron chi connectivity index (χ2n) is 2.65. The summed E-state index contributed by atoms with van der Waals surface area (Å²) in [6, 6.07) is 4.00. The highest BCUT2D eigenvalue weighted by atomic mass is 127. The van der Waals surface area contributed by atoms with Crippen molar-refractivity contribution in [1.82, 2.24) is 0 Å². The molecule has 0 spiro atoms. The van der Waals surface area contributed by atoms with Gasteiger partial charge in [-0.2, -0.15) is 0 Å². The Kier molecular flexibility index (Phi) is 2.27. The Morgan fingerprint density at radius 2 is 2.25 bits per heavy atom. The van der Waals surface area contributed by atoms with Gasteiger partial charge in [-0.15, -0.1) is 0 Å². The zero-order valence-electron chi connectivity index (χ0n) is 6.03. The number of hydrogen-bond acceptors (Lipinski definition) is 1. The van der Waals surface area contributed by atoms with E-state index in [-0.39, 0.29) is 0 Å². The SMILES string of the molecule is S=C1Cc2cc(I)c(Cl)cc2N1. The van der Waals surface area contributed by atoms with E-state index in [0.717, 1.165) is 25.7 Å². The molecule has 62 valence electrons. The first-order valence-electron chi connectivity index (χ1n) is 3.44. The summed E-state index contributed by atoms with van der Waals surface area (Å²) in [6.07, 6.45) is 0.845. The fourth-order valence-electron chi connectivity index (χ4n) is 1.22. The monoisotopic (exact) mass is 309 g/mol. The van der Waals surface area contributed by atoms with Gasteiger partial charge in [-0.3, -0.25) is 0 Å². The molecular formula is C8H5ClINS. The average molecular weight is 310 g/mol. The Morgan fingerprint density at radius 1 is 1.50 bits per heavy atom. The molecule has 1 aliphatic heterocycles. The smallest absolute Gasteiger partial charge is 0.0842 e. The molecule has 0 saturated heterocycles. The number of nitrogens with one attached hydrogen (secondary N) is 1. The summed E-state index contributed by atoms with van der Waals surface area (Å²) in [7, 11) is 0. The molecule has 1 aromatic carbocycles. The summed E-state index contributed by atoms with van der Waals surface area (Å²) in [5.41, 5.74) is 2.30. The van der Waals surface area contributed by atoms with E-state index in [0.29, 0.717) is 0 Å². The summed E-state index contributed by atoms with van der Waals surface area (Å²) in [6.45, 7) is 0. The van der Waals surface area contributed by atoms with Crippen LogP contribution in [0.4, 0.5) is 5.69 Å². The van der Waals surface area contributed by atoms with E-state index >= 15 is 0 Å². The second kappa shape index (κ2) is 3.12. The standard InChI is InChI=1S/C8H5ClINS/c9-5-3-7-4(1-6(5)10)2-8(12)11-7/h1,3H,2H2,(H,11,12). The minimum Gasteiger partial charge on any atom is -0.349 e. The molecule has 0 fully saturated rings. The molecule has 0 amide bonds. The van der Waals surface area contributed by atoms with Gasteiger partial charge in [0.15, 0.2) is 0 Å². The van der Waals surface area contributed by atoms with Gasteiger partial charge in [0.1, 0.15) is 0 Å². The van der Waals surface area contributed by atoms with Crippen molar-refractivity contribution < 1.29 is 0 Å². The van der Waals surface area contributed by atoms with Crippen molar-refractivity contribution in [2.24, 2.45) is 0 Å². The van der Waals surface area contributed by atoms with Gasteiger partial charge in [-0.25, -0.2) is 0 Å². The van der Waals surface area contributed by atoms with E-state index in [2.05, 4.69) is 34.0 Å². The number of hydrogen-bond donors (Lipinski definition) is 1. The highest BCUT2D eigenvalue weighted by Crippen LogP contribution is 2.30. The van der Waals surface area contributed by atoms with E-state index in [1.54, 1.807) is 0 Å². The van der Waals surface area contributed by atoms with E-state index in [9.17, 15) is 0 Å². The maximum atomic E-state index is 5.95. The van der Waals surface area contributed by atoms with Gasteiger partial charge in [-0.1, -0.05) is 23.8 Å². The summed E-state index contributed by atoms with van der Waals surface area (Å²) in [5.74, 6) is 0. The maximum Gasteiger partial charge on any atom is 0.0842 e. The number of thiocarbonyl (C=S) groups is 1. The van der Waals surface area contributed by atoms with Crippen LogP contribution in [0.25, 0.3) is 0 Å². The van der Waals surface area contributed by atoms with Crippen LogP contribution in [0.2, 0.25) is 5.02 Å².